The van der Waals surface area contributed by atoms with Crippen LogP contribution in [0.15, 0.2) is 0 Å². The minimum atomic E-state index is 1.24. The van der Waals surface area contributed by atoms with E-state index in [2.05, 4.69) is 32.2 Å². The van der Waals surface area contributed by atoms with Crippen LogP contribution in [-0.4, -0.2) is 18.0 Å². The molecule has 0 spiro atoms. The molecule has 0 aromatic heterocycles. The van der Waals surface area contributed by atoms with E-state index < -0.39 is 0 Å². The van der Waals surface area contributed by atoms with Gasteiger partial charge in [0, 0.05) is 6.54 Å². The van der Waals surface area contributed by atoms with Crippen LogP contribution >= 0.6 is 0 Å². The summed E-state index contributed by atoms with van der Waals surface area (Å²) in [4.78, 5) is 2.48. The van der Waals surface area contributed by atoms with Crippen LogP contribution in [0.1, 0.15) is 59.3 Å². The van der Waals surface area contributed by atoms with E-state index in [9.17, 15) is 0 Å². The summed E-state index contributed by atoms with van der Waals surface area (Å²) in [6.45, 7) is 11.6. The van der Waals surface area contributed by atoms with E-state index in [1.165, 1.54) is 51.6 Å². The van der Waals surface area contributed by atoms with Crippen LogP contribution in [0, 0.1) is 6.54 Å². The Kier molecular flexibility index (Phi) is 10.0. The molecule has 0 bridgehead atoms. The highest BCUT2D eigenvalue weighted by Gasteiger charge is 2.01. The Morgan fingerprint density at radius 2 is 1.46 bits per heavy atom. The zero-order valence-corrected chi connectivity index (χ0v) is 9.68. The molecule has 1 nitrogen and oxygen atoms in total. The molecule has 0 aliphatic rings. The highest BCUT2D eigenvalue weighted by molar-refractivity contribution is 4.67. The van der Waals surface area contributed by atoms with Crippen LogP contribution in [0.5, 0.6) is 0 Å². The monoisotopic (exact) mass is 184 g/mol. The van der Waals surface area contributed by atoms with Gasteiger partial charge in [0.2, 0.25) is 0 Å². The Balaban J connectivity index is 3.33. The van der Waals surface area contributed by atoms with Gasteiger partial charge in [0.1, 0.15) is 0 Å². The molecule has 0 N–H and O–H groups in total. The van der Waals surface area contributed by atoms with Gasteiger partial charge in [-0.3, -0.25) is 4.90 Å². The van der Waals surface area contributed by atoms with Gasteiger partial charge in [-0.05, 0) is 32.4 Å². The molecule has 0 amide bonds. The van der Waals surface area contributed by atoms with Crippen LogP contribution in [0.4, 0.5) is 0 Å². The summed E-state index contributed by atoms with van der Waals surface area (Å²) >= 11 is 0. The maximum atomic E-state index is 2.48. The maximum absolute atomic E-state index is 2.48. The van der Waals surface area contributed by atoms with Gasteiger partial charge < -0.3 is 0 Å². The van der Waals surface area contributed by atoms with Gasteiger partial charge in [-0.15, -0.1) is 0 Å². The predicted octanol–water partition coefficient (Wildman–Crippen LogP) is 3.85. The molecule has 0 fully saturated rings. The van der Waals surface area contributed by atoms with Crippen molar-refractivity contribution in [3.63, 3.8) is 0 Å². The smallest absolute Gasteiger partial charge is 0.0251 e. The van der Waals surface area contributed by atoms with Crippen molar-refractivity contribution in [3.8, 4) is 0 Å². The van der Waals surface area contributed by atoms with Gasteiger partial charge in [0.05, 0.1) is 0 Å². The number of hydrogen-bond donors (Lipinski definition) is 0. The molecule has 1 heteroatoms. The second kappa shape index (κ2) is 10.0. The number of unbranched alkanes of at least 4 members (excludes halogenated alkanes) is 3. The summed E-state index contributed by atoms with van der Waals surface area (Å²) in [5.41, 5.74) is 0. The van der Waals surface area contributed by atoms with E-state index in [4.69, 9.17) is 0 Å². The van der Waals surface area contributed by atoms with Gasteiger partial charge in [0.25, 0.3) is 0 Å². The fourth-order valence-electron chi connectivity index (χ4n) is 1.54. The lowest BCUT2D eigenvalue weighted by Gasteiger charge is -2.19. The van der Waals surface area contributed by atoms with Gasteiger partial charge in [-0.25, -0.2) is 0 Å². The molecule has 0 heterocycles. The molecular weight excluding hydrogens is 158 g/mol. The SMILES string of the molecule is CCCCC[CH]N(CCC)CCC. The molecule has 79 valence electrons. The Morgan fingerprint density at radius 3 is 1.92 bits per heavy atom. The van der Waals surface area contributed by atoms with E-state index in [0.29, 0.717) is 0 Å². The van der Waals surface area contributed by atoms with Gasteiger partial charge in [-0.1, -0.05) is 40.0 Å². The quantitative estimate of drug-likeness (QED) is 0.492. The summed E-state index contributed by atoms with van der Waals surface area (Å²) in [5, 5.41) is 0. The van der Waals surface area contributed by atoms with Crippen molar-refractivity contribution in [2.24, 2.45) is 0 Å². The first-order valence-corrected chi connectivity index (χ1v) is 5.92. The highest BCUT2D eigenvalue weighted by Crippen LogP contribution is 2.06. The molecule has 0 aliphatic heterocycles. The molecule has 1 radical (unpaired) electrons. The standard InChI is InChI=1S/C12H26N/c1-4-7-8-9-12-13(10-5-2)11-6-3/h12H,4-11H2,1-3H3. The second-order valence-corrected chi connectivity index (χ2v) is 3.71. The van der Waals surface area contributed by atoms with E-state index in [1.807, 2.05) is 0 Å². The van der Waals surface area contributed by atoms with E-state index in [-0.39, 0.29) is 0 Å². The zero-order chi connectivity index (χ0) is 9.94. The number of rotatable bonds is 9. The van der Waals surface area contributed by atoms with E-state index in [1.54, 1.807) is 0 Å². The van der Waals surface area contributed by atoms with Crippen LogP contribution in [-0.2, 0) is 0 Å². The molecule has 0 unspecified atom stereocenters. The third kappa shape index (κ3) is 8.29. The zero-order valence-electron chi connectivity index (χ0n) is 9.68. The molecule has 0 aromatic rings. The van der Waals surface area contributed by atoms with Crippen molar-refractivity contribution >= 4 is 0 Å². The first-order valence-electron chi connectivity index (χ1n) is 5.92. The second-order valence-electron chi connectivity index (χ2n) is 3.71. The summed E-state index contributed by atoms with van der Waals surface area (Å²) in [5.74, 6) is 0. The largest absolute Gasteiger partial charge is 0.299 e. The number of nitrogens with zero attached hydrogens (tertiary/aromatic N) is 1. The number of hydrogen-bond acceptors (Lipinski definition) is 1. The fraction of sp³-hybridized carbons (Fsp3) is 0.917. The van der Waals surface area contributed by atoms with Gasteiger partial charge >= 0.3 is 0 Å². The fourth-order valence-corrected chi connectivity index (χ4v) is 1.54. The van der Waals surface area contributed by atoms with Crippen LogP contribution in [0.2, 0.25) is 0 Å². The molecule has 0 saturated heterocycles. The summed E-state index contributed by atoms with van der Waals surface area (Å²) in [6, 6.07) is 0. The van der Waals surface area contributed by atoms with Crippen LogP contribution < -0.4 is 0 Å². The van der Waals surface area contributed by atoms with Crippen molar-refractivity contribution in [2.45, 2.75) is 59.3 Å². The van der Waals surface area contributed by atoms with Crippen molar-refractivity contribution in [1.29, 1.82) is 0 Å². The maximum Gasteiger partial charge on any atom is 0.0251 e. The van der Waals surface area contributed by atoms with Crippen LogP contribution in [0.25, 0.3) is 0 Å². The van der Waals surface area contributed by atoms with Crippen molar-refractivity contribution < 1.29 is 0 Å². The minimum Gasteiger partial charge on any atom is -0.299 e. The molecule has 0 aromatic carbocycles. The Labute approximate surface area is 84.5 Å². The lowest BCUT2D eigenvalue weighted by atomic mass is 10.2. The lowest BCUT2D eigenvalue weighted by molar-refractivity contribution is 0.321. The average Bonchev–Trinajstić information content (AvgIpc) is 2.13. The first kappa shape index (κ1) is 13.0. The summed E-state index contributed by atoms with van der Waals surface area (Å²) < 4.78 is 0. The normalized spacial score (nSPS) is 11.1. The van der Waals surface area contributed by atoms with Gasteiger partial charge in [-0.2, -0.15) is 0 Å². The van der Waals surface area contributed by atoms with Gasteiger partial charge in [0.15, 0.2) is 0 Å². The predicted molar refractivity (Wildman–Crippen MR) is 60.6 cm³/mol. The molecule has 0 atom stereocenters. The minimum absolute atomic E-state index is 1.24. The molecule has 0 rings (SSSR count). The Hall–Kier alpha value is -0.0400. The molecule has 0 saturated carbocycles. The Morgan fingerprint density at radius 1 is 0.846 bits per heavy atom. The first-order chi connectivity index (χ1) is 6.35. The van der Waals surface area contributed by atoms with E-state index in [0.717, 1.165) is 0 Å². The van der Waals surface area contributed by atoms with Crippen molar-refractivity contribution in [2.75, 3.05) is 13.1 Å². The molecule has 0 aliphatic carbocycles. The topological polar surface area (TPSA) is 3.24 Å². The van der Waals surface area contributed by atoms with Crippen molar-refractivity contribution in [3.05, 3.63) is 6.54 Å². The average molecular weight is 184 g/mol. The molecule has 13 heavy (non-hydrogen) atoms. The summed E-state index contributed by atoms with van der Waals surface area (Å²) in [7, 11) is 0. The van der Waals surface area contributed by atoms with Crippen molar-refractivity contribution in [1.82, 2.24) is 4.90 Å². The highest BCUT2D eigenvalue weighted by atomic mass is 15.1. The molecular formula is C12H26N. The van der Waals surface area contributed by atoms with E-state index >= 15 is 0 Å². The van der Waals surface area contributed by atoms with Crippen LogP contribution in [0.3, 0.4) is 0 Å². The summed E-state index contributed by atoms with van der Waals surface area (Å²) in [6.07, 6.45) is 7.88. The lowest BCUT2D eigenvalue weighted by Crippen LogP contribution is -2.22. The third-order valence-electron chi connectivity index (χ3n) is 2.22. The third-order valence-corrected chi connectivity index (χ3v) is 2.22. The Bertz CT molecular complexity index is 85.1.